The van der Waals surface area contributed by atoms with Gasteiger partial charge in [0.15, 0.2) is 6.04 Å². The van der Waals surface area contributed by atoms with E-state index in [-0.39, 0.29) is 0 Å². The first-order valence-corrected chi connectivity index (χ1v) is 5.17. The molecule has 3 N–H and O–H groups in total. The van der Waals surface area contributed by atoms with Crippen LogP contribution in [0.4, 0.5) is 5.69 Å². The predicted molar refractivity (Wildman–Crippen MR) is 60.0 cm³/mol. The molecule has 96 valence electrons. The van der Waals surface area contributed by atoms with Crippen molar-refractivity contribution in [1.82, 2.24) is 5.43 Å². The lowest BCUT2D eigenvalue weighted by molar-refractivity contribution is -0.190. The Kier molecular flexibility index (Phi) is 3.04. The van der Waals surface area contributed by atoms with E-state index in [1.807, 2.05) is 0 Å². The number of hydrogen-bond donors (Lipinski definition) is 3. The van der Waals surface area contributed by atoms with E-state index in [0.29, 0.717) is 5.69 Å². The van der Waals surface area contributed by atoms with Gasteiger partial charge in [0.2, 0.25) is 0 Å². The third-order valence-electron chi connectivity index (χ3n) is 2.63. The maximum absolute atomic E-state index is 11.8. The Balaban J connectivity index is 2.33. The zero-order valence-corrected chi connectivity index (χ0v) is 9.53. The van der Waals surface area contributed by atoms with Crippen LogP contribution in [0.5, 0.6) is 0 Å². The van der Waals surface area contributed by atoms with E-state index in [4.69, 9.17) is 0 Å². The molecule has 1 aromatic carbocycles. The lowest BCUT2D eigenvalue weighted by Gasteiger charge is -2.16. The summed E-state index contributed by atoms with van der Waals surface area (Å²) in [5, 5.41) is 20.2. The van der Waals surface area contributed by atoms with Crippen LogP contribution in [0.15, 0.2) is 30.3 Å². The molecule has 2 rings (SSSR count). The van der Waals surface area contributed by atoms with Gasteiger partial charge in [0.1, 0.15) is 0 Å². The molecule has 1 fully saturated rings. The minimum atomic E-state index is -2.83. The van der Waals surface area contributed by atoms with Crippen LogP contribution in [0.1, 0.15) is 0 Å². The number of esters is 1. The molecular weight excluding hydrogens is 240 g/mol. The third-order valence-corrected chi connectivity index (χ3v) is 2.63. The molecule has 0 radical (unpaired) electrons. The monoisotopic (exact) mass is 252 g/mol. The van der Waals surface area contributed by atoms with Gasteiger partial charge in [-0.3, -0.25) is 9.59 Å². The van der Waals surface area contributed by atoms with Gasteiger partial charge in [-0.25, -0.2) is 10.4 Å². The van der Waals surface area contributed by atoms with Crippen molar-refractivity contribution in [2.75, 3.05) is 12.1 Å². The van der Waals surface area contributed by atoms with Gasteiger partial charge < -0.3 is 14.9 Å². The lowest BCUT2D eigenvalue weighted by atomic mass is 10.1. The number of nitrogens with zero attached hydrogens (tertiary/aromatic N) is 1. The first-order chi connectivity index (χ1) is 8.48. The van der Waals surface area contributed by atoms with Crippen molar-refractivity contribution < 1.29 is 24.5 Å². The summed E-state index contributed by atoms with van der Waals surface area (Å²) in [6.07, 6.45) is 0. The van der Waals surface area contributed by atoms with Crippen molar-refractivity contribution in [3.63, 3.8) is 0 Å². The summed E-state index contributed by atoms with van der Waals surface area (Å²) in [4.78, 5) is 23.2. The number of carbonyl (C=O) groups is 2. The Morgan fingerprint density at radius 1 is 1.39 bits per heavy atom. The Labute approximate surface area is 103 Å². The number of ether oxygens (including phenoxy) is 1. The lowest BCUT2D eigenvalue weighted by Crippen LogP contribution is -2.51. The highest BCUT2D eigenvalue weighted by atomic mass is 16.5. The van der Waals surface area contributed by atoms with Crippen molar-refractivity contribution in [3.05, 3.63) is 30.3 Å². The van der Waals surface area contributed by atoms with Gasteiger partial charge in [-0.1, -0.05) is 18.2 Å². The van der Waals surface area contributed by atoms with Crippen molar-refractivity contribution in [1.29, 1.82) is 0 Å². The fourth-order valence-electron chi connectivity index (χ4n) is 1.67. The molecule has 1 saturated heterocycles. The fourth-order valence-corrected chi connectivity index (χ4v) is 1.67. The molecule has 18 heavy (non-hydrogen) atoms. The topological polar surface area (TPSA) is 99.1 Å². The number of nitrogens with one attached hydrogen (secondary N) is 1. The van der Waals surface area contributed by atoms with Crippen LogP contribution in [0.3, 0.4) is 0 Å². The van der Waals surface area contributed by atoms with Crippen LogP contribution in [0.25, 0.3) is 0 Å². The maximum Gasteiger partial charge on any atom is 0.330 e. The standard InChI is InChI=1S/C11H12N2O5/c1-18-9(14)8-11(16,17)10(15)13(12-8)7-5-3-2-4-6-7/h2-6,8,12,16-17H,1H3. The van der Waals surface area contributed by atoms with Gasteiger partial charge in [-0.15, -0.1) is 0 Å². The molecule has 1 aliphatic rings. The molecule has 0 spiro atoms. The molecule has 1 amide bonds. The smallest absolute Gasteiger partial charge is 0.330 e. The van der Waals surface area contributed by atoms with E-state index >= 15 is 0 Å². The second-order valence-electron chi connectivity index (χ2n) is 3.79. The molecular formula is C11H12N2O5. The summed E-state index contributed by atoms with van der Waals surface area (Å²) in [6, 6.07) is 6.70. The number of methoxy groups -OCH3 is 1. The van der Waals surface area contributed by atoms with Gasteiger partial charge in [0, 0.05) is 0 Å². The summed E-state index contributed by atoms with van der Waals surface area (Å²) in [5.74, 6) is -4.81. The van der Waals surface area contributed by atoms with Gasteiger partial charge in [0.25, 0.3) is 5.79 Å². The number of aliphatic hydroxyl groups is 2. The summed E-state index contributed by atoms with van der Waals surface area (Å²) >= 11 is 0. The molecule has 1 aliphatic heterocycles. The second-order valence-corrected chi connectivity index (χ2v) is 3.79. The summed E-state index contributed by atoms with van der Waals surface area (Å²) in [6.45, 7) is 0. The highest BCUT2D eigenvalue weighted by Crippen LogP contribution is 2.24. The Morgan fingerprint density at radius 3 is 2.56 bits per heavy atom. The normalized spacial score (nSPS) is 22.1. The summed E-state index contributed by atoms with van der Waals surface area (Å²) < 4.78 is 4.40. The highest BCUT2D eigenvalue weighted by Gasteiger charge is 2.57. The average molecular weight is 252 g/mol. The molecule has 1 unspecified atom stereocenters. The van der Waals surface area contributed by atoms with Crippen molar-refractivity contribution >= 4 is 17.6 Å². The van der Waals surface area contributed by atoms with Crippen LogP contribution < -0.4 is 10.4 Å². The van der Waals surface area contributed by atoms with Gasteiger partial charge >= 0.3 is 11.9 Å². The highest BCUT2D eigenvalue weighted by molar-refractivity contribution is 6.04. The zero-order chi connectivity index (χ0) is 13.3. The van der Waals surface area contributed by atoms with E-state index in [1.165, 1.54) is 0 Å². The number of benzene rings is 1. The second kappa shape index (κ2) is 4.37. The molecule has 0 bridgehead atoms. The summed E-state index contributed by atoms with van der Waals surface area (Å²) in [5.41, 5.74) is 2.80. The van der Waals surface area contributed by atoms with Crippen molar-refractivity contribution in [3.8, 4) is 0 Å². The minimum Gasteiger partial charge on any atom is -0.468 e. The molecule has 0 saturated carbocycles. The van der Waals surface area contributed by atoms with Crippen LogP contribution >= 0.6 is 0 Å². The van der Waals surface area contributed by atoms with Gasteiger partial charge in [0.05, 0.1) is 12.8 Å². The number of carbonyl (C=O) groups excluding carboxylic acids is 2. The predicted octanol–water partition coefficient (Wildman–Crippen LogP) is -1.24. The number of hydrazine groups is 1. The van der Waals surface area contributed by atoms with Gasteiger partial charge in [-0.05, 0) is 12.1 Å². The largest absolute Gasteiger partial charge is 0.468 e. The van der Waals surface area contributed by atoms with Crippen LogP contribution in [-0.4, -0.2) is 41.0 Å². The van der Waals surface area contributed by atoms with Crippen molar-refractivity contribution in [2.24, 2.45) is 0 Å². The molecule has 0 aliphatic carbocycles. The molecule has 0 aromatic heterocycles. The number of anilines is 1. The zero-order valence-electron chi connectivity index (χ0n) is 9.53. The van der Waals surface area contributed by atoms with E-state index < -0.39 is 23.7 Å². The average Bonchev–Trinajstić information content (AvgIpc) is 2.62. The SMILES string of the molecule is COC(=O)C1NN(c2ccccc2)C(=O)C1(O)O. The third kappa shape index (κ3) is 1.84. The Morgan fingerprint density at radius 2 is 2.00 bits per heavy atom. The van der Waals surface area contributed by atoms with Crippen LogP contribution in [0, 0.1) is 0 Å². The molecule has 1 atom stereocenters. The number of amides is 1. The number of para-hydroxylation sites is 1. The quantitative estimate of drug-likeness (QED) is 0.450. The number of hydrogen-bond acceptors (Lipinski definition) is 6. The van der Waals surface area contributed by atoms with E-state index in [0.717, 1.165) is 12.1 Å². The number of rotatable bonds is 2. The minimum absolute atomic E-state index is 0.390. The van der Waals surface area contributed by atoms with E-state index in [9.17, 15) is 19.8 Å². The molecule has 7 nitrogen and oxygen atoms in total. The molecule has 7 heteroatoms. The Bertz CT molecular complexity index is 474. The van der Waals surface area contributed by atoms with E-state index in [2.05, 4.69) is 10.2 Å². The van der Waals surface area contributed by atoms with Crippen molar-refractivity contribution in [2.45, 2.75) is 11.8 Å². The van der Waals surface area contributed by atoms with E-state index in [1.54, 1.807) is 30.3 Å². The van der Waals surface area contributed by atoms with Gasteiger partial charge in [-0.2, -0.15) is 0 Å². The fraction of sp³-hybridized carbons (Fsp3) is 0.273. The molecule has 1 heterocycles. The summed E-state index contributed by atoms with van der Waals surface area (Å²) in [7, 11) is 1.09. The van der Waals surface area contributed by atoms with Crippen LogP contribution in [0.2, 0.25) is 0 Å². The maximum atomic E-state index is 11.8. The Hall–Kier alpha value is -1.96. The first-order valence-electron chi connectivity index (χ1n) is 5.17. The van der Waals surface area contributed by atoms with Crippen LogP contribution in [-0.2, 0) is 14.3 Å². The molecule has 1 aromatic rings. The first kappa shape index (κ1) is 12.5.